The van der Waals surface area contributed by atoms with Gasteiger partial charge in [-0.1, -0.05) is 35.9 Å². The van der Waals surface area contributed by atoms with Crippen LogP contribution in [-0.2, 0) is 0 Å². The fourth-order valence-corrected chi connectivity index (χ4v) is 2.45. The summed E-state index contributed by atoms with van der Waals surface area (Å²) in [4.78, 5) is 20.9. The van der Waals surface area contributed by atoms with E-state index < -0.39 is 0 Å². The highest BCUT2D eigenvalue weighted by Crippen LogP contribution is 2.25. The van der Waals surface area contributed by atoms with E-state index in [0.717, 1.165) is 0 Å². The molecule has 0 aliphatic heterocycles. The number of benzene rings is 2. The van der Waals surface area contributed by atoms with E-state index in [-0.39, 0.29) is 17.5 Å². The van der Waals surface area contributed by atoms with Gasteiger partial charge in [-0.05, 0) is 37.3 Å². The Balaban J connectivity index is 1.78. The standard InChI is InChI=1S/C19H17ClN4O2/c1-2-26-17-10-6-5-9-15(17)22-18(25)16-11-12-21-19(24-16)23-14-8-4-3-7-13(14)20/h3-12H,2H2,1H3,(H,22,25)(H,21,23,24). The van der Waals surface area contributed by atoms with Crippen LogP contribution in [0.25, 0.3) is 0 Å². The number of rotatable bonds is 6. The number of nitrogens with zero attached hydrogens (tertiary/aromatic N) is 2. The van der Waals surface area contributed by atoms with Crippen LogP contribution in [0.5, 0.6) is 5.75 Å². The molecule has 3 rings (SSSR count). The molecule has 0 saturated carbocycles. The maximum atomic E-state index is 12.5. The molecule has 0 saturated heterocycles. The number of para-hydroxylation sites is 3. The molecule has 0 aliphatic rings. The van der Waals surface area contributed by atoms with Gasteiger partial charge in [0.05, 0.1) is 23.0 Å². The van der Waals surface area contributed by atoms with E-state index in [1.807, 2.05) is 31.2 Å². The minimum atomic E-state index is -0.359. The molecule has 0 spiro atoms. The van der Waals surface area contributed by atoms with E-state index in [9.17, 15) is 4.79 Å². The minimum absolute atomic E-state index is 0.223. The fraction of sp³-hybridized carbons (Fsp3) is 0.105. The van der Waals surface area contributed by atoms with Crippen LogP contribution in [0, 0.1) is 0 Å². The van der Waals surface area contributed by atoms with E-state index in [2.05, 4.69) is 20.6 Å². The SMILES string of the molecule is CCOc1ccccc1NC(=O)c1ccnc(Nc2ccccc2Cl)n1. The van der Waals surface area contributed by atoms with Crippen LogP contribution in [0.2, 0.25) is 5.02 Å². The average molecular weight is 369 g/mol. The van der Waals surface area contributed by atoms with Crippen molar-refractivity contribution < 1.29 is 9.53 Å². The number of aromatic nitrogens is 2. The monoisotopic (exact) mass is 368 g/mol. The fourth-order valence-electron chi connectivity index (χ4n) is 2.27. The Morgan fingerprint density at radius 3 is 2.58 bits per heavy atom. The van der Waals surface area contributed by atoms with Crippen molar-refractivity contribution in [3.63, 3.8) is 0 Å². The summed E-state index contributed by atoms with van der Waals surface area (Å²) in [5, 5.41) is 6.35. The van der Waals surface area contributed by atoms with Gasteiger partial charge < -0.3 is 15.4 Å². The lowest BCUT2D eigenvalue weighted by atomic mass is 10.2. The Hall–Kier alpha value is -3.12. The smallest absolute Gasteiger partial charge is 0.274 e. The number of carbonyl (C=O) groups is 1. The lowest BCUT2D eigenvalue weighted by Gasteiger charge is -2.11. The normalized spacial score (nSPS) is 10.2. The molecule has 0 aliphatic carbocycles. The largest absolute Gasteiger partial charge is 0.492 e. The molecule has 1 heterocycles. The quantitative estimate of drug-likeness (QED) is 0.668. The van der Waals surface area contributed by atoms with Gasteiger partial charge in [0.15, 0.2) is 0 Å². The van der Waals surface area contributed by atoms with Gasteiger partial charge in [0, 0.05) is 6.20 Å². The number of halogens is 1. The van der Waals surface area contributed by atoms with E-state index in [1.165, 1.54) is 12.3 Å². The van der Waals surface area contributed by atoms with Gasteiger partial charge in [0.1, 0.15) is 11.4 Å². The van der Waals surface area contributed by atoms with E-state index >= 15 is 0 Å². The second-order valence-electron chi connectivity index (χ2n) is 5.25. The van der Waals surface area contributed by atoms with Crippen LogP contribution in [0.1, 0.15) is 17.4 Å². The van der Waals surface area contributed by atoms with Crippen molar-refractivity contribution in [3.05, 3.63) is 71.5 Å². The third-order valence-corrected chi connectivity index (χ3v) is 3.77. The highest BCUT2D eigenvalue weighted by atomic mass is 35.5. The van der Waals surface area contributed by atoms with Gasteiger partial charge in [-0.3, -0.25) is 4.79 Å². The van der Waals surface area contributed by atoms with Crippen LogP contribution >= 0.6 is 11.6 Å². The summed E-state index contributed by atoms with van der Waals surface area (Å²) in [6.45, 7) is 2.39. The van der Waals surface area contributed by atoms with E-state index in [1.54, 1.807) is 24.3 Å². The molecule has 0 radical (unpaired) electrons. The Bertz CT molecular complexity index is 917. The Morgan fingerprint density at radius 1 is 1.08 bits per heavy atom. The number of amides is 1. The van der Waals surface area contributed by atoms with Gasteiger partial charge in [0.2, 0.25) is 5.95 Å². The summed E-state index contributed by atoms with van der Waals surface area (Å²) < 4.78 is 5.52. The zero-order chi connectivity index (χ0) is 18.4. The van der Waals surface area contributed by atoms with Crippen molar-refractivity contribution in [1.29, 1.82) is 0 Å². The number of hydrogen-bond donors (Lipinski definition) is 2. The molecule has 1 amide bonds. The van der Waals surface area contributed by atoms with Gasteiger partial charge in [-0.2, -0.15) is 0 Å². The summed E-state index contributed by atoms with van der Waals surface area (Å²) in [5.74, 6) is 0.525. The molecule has 0 atom stereocenters. The van der Waals surface area contributed by atoms with Crippen LogP contribution in [-0.4, -0.2) is 22.5 Å². The van der Waals surface area contributed by atoms with Crippen LogP contribution < -0.4 is 15.4 Å². The molecule has 6 nitrogen and oxygen atoms in total. The second-order valence-corrected chi connectivity index (χ2v) is 5.66. The molecule has 26 heavy (non-hydrogen) atoms. The van der Waals surface area contributed by atoms with Crippen molar-refractivity contribution in [2.24, 2.45) is 0 Å². The molecule has 0 unspecified atom stereocenters. The molecular formula is C19H17ClN4O2. The first kappa shape index (κ1) is 17.7. The zero-order valence-electron chi connectivity index (χ0n) is 14.1. The topological polar surface area (TPSA) is 76.1 Å². The molecule has 132 valence electrons. The predicted molar refractivity (Wildman–Crippen MR) is 102 cm³/mol. The molecule has 0 fully saturated rings. The lowest BCUT2D eigenvalue weighted by molar-refractivity contribution is 0.102. The Kier molecular flexibility index (Phi) is 5.66. The minimum Gasteiger partial charge on any atom is -0.492 e. The number of nitrogens with one attached hydrogen (secondary N) is 2. The van der Waals surface area contributed by atoms with Gasteiger partial charge in [0.25, 0.3) is 5.91 Å². The van der Waals surface area contributed by atoms with E-state index in [4.69, 9.17) is 16.3 Å². The van der Waals surface area contributed by atoms with Gasteiger partial charge in [-0.15, -0.1) is 0 Å². The number of carbonyl (C=O) groups excluding carboxylic acids is 1. The Labute approximate surface area is 156 Å². The number of hydrogen-bond acceptors (Lipinski definition) is 5. The number of anilines is 3. The first-order valence-electron chi connectivity index (χ1n) is 8.05. The summed E-state index contributed by atoms with van der Waals surface area (Å²) in [5.41, 5.74) is 1.47. The molecule has 7 heteroatoms. The van der Waals surface area contributed by atoms with Gasteiger partial charge in [-0.25, -0.2) is 9.97 Å². The van der Waals surface area contributed by atoms with Crippen molar-refractivity contribution in [2.45, 2.75) is 6.92 Å². The molecule has 2 aromatic carbocycles. The number of ether oxygens (including phenoxy) is 1. The zero-order valence-corrected chi connectivity index (χ0v) is 14.8. The van der Waals surface area contributed by atoms with E-state index in [0.29, 0.717) is 28.8 Å². The highest BCUT2D eigenvalue weighted by Gasteiger charge is 2.12. The third kappa shape index (κ3) is 4.29. The predicted octanol–water partition coefficient (Wildman–Crippen LogP) is 4.52. The summed E-state index contributed by atoms with van der Waals surface area (Å²) in [6.07, 6.45) is 1.51. The first-order valence-corrected chi connectivity index (χ1v) is 8.43. The van der Waals surface area contributed by atoms with Crippen LogP contribution in [0.4, 0.5) is 17.3 Å². The maximum Gasteiger partial charge on any atom is 0.274 e. The van der Waals surface area contributed by atoms with Gasteiger partial charge >= 0.3 is 0 Å². The van der Waals surface area contributed by atoms with Crippen molar-refractivity contribution >= 4 is 34.8 Å². The molecule has 2 N–H and O–H groups in total. The first-order chi connectivity index (χ1) is 12.7. The van der Waals surface area contributed by atoms with Crippen molar-refractivity contribution in [3.8, 4) is 5.75 Å². The average Bonchev–Trinajstić information content (AvgIpc) is 2.66. The molecule has 3 aromatic rings. The van der Waals surface area contributed by atoms with Crippen LogP contribution in [0.3, 0.4) is 0 Å². The Morgan fingerprint density at radius 2 is 1.81 bits per heavy atom. The third-order valence-electron chi connectivity index (χ3n) is 3.44. The maximum absolute atomic E-state index is 12.5. The van der Waals surface area contributed by atoms with Crippen LogP contribution in [0.15, 0.2) is 60.8 Å². The summed E-state index contributed by atoms with van der Waals surface area (Å²) in [6, 6.07) is 16.0. The lowest BCUT2D eigenvalue weighted by Crippen LogP contribution is -2.15. The summed E-state index contributed by atoms with van der Waals surface area (Å²) >= 11 is 6.12. The molecule has 0 bridgehead atoms. The molecular weight excluding hydrogens is 352 g/mol. The van der Waals surface area contributed by atoms with Crippen molar-refractivity contribution in [1.82, 2.24) is 9.97 Å². The molecule has 1 aromatic heterocycles. The summed E-state index contributed by atoms with van der Waals surface area (Å²) in [7, 11) is 0. The van der Waals surface area contributed by atoms with Crippen molar-refractivity contribution in [2.75, 3.05) is 17.2 Å². The highest BCUT2D eigenvalue weighted by molar-refractivity contribution is 6.33. The second kappa shape index (κ2) is 8.31.